The van der Waals surface area contributed by atoms with Gasteiger partial charge in [-0.15, -0.1) is 0 Å². The van der Waals surface area contributed by atoms with Crippen molar-refractivity contribution >= 4 is 33.1 Å². The van der Waals surface area contributed by atoms with E-state index in [0.717, 1.165) is 38.2 Å². The van der Waals surface area contributed by atoms with Crippen molar-refractivity contribution in [3.8, 4) is 11.5 Å². The van der Waals surface area contributed by atoms with Crippen LogP contribution in [-0.4, -0.2) is 10.2 Å². The lowest BCUT2D eigenvalue weighted by Gasteiger charge is -2.25. The molecule has 0 spiro atoms. The Morgan fingerprint density at radius 1 is 0.533 bits per heavy atom. The van der Waals surface area contributed by atoms with Crippen molar-refractivity contribution in [2.75, 3.05) is 0 Å². The number of hydrogen-bond acceptors (Lipinski definition) is 2. The van der Waals surface area contributed by atoms with E-state index in [1.165, 1.54) is 0 Å². The Morgan fingerprint density at radius 2 is 1.00 bits per heavy atom. The zero-order chi connectivity index (χ0) is 20.7. The van der Waals surface area contributed by atoms with Crippen molar-refractivity contribution in [3.63, 3.8) is 0 Å². The molecule has 2 nitrogen and oxygen atoms in total. The summed E-state index contributed by atoms with van der Waals surface area (Å²) in [4.78, 5) is 0. The molecule has 0 aliphatic rings. The second-order valence-electron chi connectivity index (χ2n) is 7.39. The van der Waals surface area contributed by atoms with Crippen molar-refractivity contribution < 1.29 is 10.2 Å². The molecule has 5 aromatic rings. The molecule has 0 aliphatic carbocycles. The fraction of sp³-hybridized carbons (Fsp3) is 0.0370. The van der Waals surface area contributed by atoms with E-state index in [0.29, 0.717) is 5.02 Å². The topological polar surface area (TPSA) is 40.5 Å². The van der Waals surface area contributed by atoms with E-state index >= 15 is 0 Å². The third-order valence-electron chi connectivity index (χ3n) is 5.69. The third-order valence-corrected chi connectivity index (χ3v) is 6.03. The van der Waals surface area contributed by atoms with Gasteiger partial charge in [0.25, 0.3) is 0 Å². The smallest absolute Gasteiger partial charge is 0.120 e. The highest BCUT2D eigenvalue weighted by atomic mass is 35.5. The minimum Gasteiger partial charge on any atom is -0.508 e. The Hall–Kier alpha value is -3.49. The van der Waals surface area contributed by atoms with E-state index in [4.69, 9.17) is 11.6 Å². The van der Waals surface area contributed by atoms with Crippen LogP contribution >= 0.6 is 11.6 Å². The van der Waals surface area contributed by atoms with Gasteiger partial charge < -0.3 is 10.2 Å². The minimum absolute atomic E-state index is 0.172. The monoisotopic (exact) mass is 410 g/mol. The van der Waals surface area contributed by atoms with Crippen LogP contribution in [0.3, 0.4) is 0 Å². The molecule has 0 amide bonds. The van der Waals surface area contributed by atoms with E-state index in [1.807, 2.05) is 84.9 Å². The van der Waals surface area contributed by atoms with Gasteiger partial charge in [-0.25, -0.2) is 0 Å². The van der Waals surface area contributed by atoms with Crippen molar-refractivity contribution in [2.24, 2.45) is 0 Å². The largest absolute Gasteiger partial charge is 0.508 e. The van der Waals surface area contributed by atoms with Gasteiger partial charge in [0.2, 0.25) is 0 Å². The zero-order valence-corrected chi connectivity index (χ0v) is 16.8. The molecule has 0 bridgehead atoms. The summed E-state index contributed by atoms with van der Waals surface area (Å²) in [6.07, 6.45) is 0. The predicted octanol–water partition coefficient (Wildman–Crippen LogP) is 7.24. The average molecular weight is 411 g/mol. The Morgan fingerprint density at radius 3 is 1.53 bits per heavy atom. The molecular weight excluding hydrogens is 392 g/mol. The van der Waals surface area contributed by atoms with Gasteiger partial charge in [0.05, 0.1) is 0 Å². The number of fused-ring (bicyclic) bond motifs is 2. The summed E-state index contributed by atoms with van der Waals surface area (Å²) in [6, 6.07) is 30.7. The summed E-state index contributed by atoms with van der Waals surface area (Å²) in [6.45, 7) is 0. The van der Waals surface area contributed by atoms with Crippen LogP contribution in [0, 0.1) is 0 Å². The van der Waals surface area contributed by atoms with E-state index < -0.39 is 5.92 Å². The lowest BCUT2D eigenvalue weighted by atomic mass is 9.80. The lowest BCUT2D eigenvalue weighted by Crippen LogP contribution is -2.07. The summed E-state index contributed by atoms with van der Waals surface area (Å²) in [5.74, 6) is -0.104. The van der Waals surface area contributed by atoms with Crippen LogP contribution in [0.25, 0.3) is 21.5 Å². The van der Waals surface area contributed by atoms with Gasteiger partial charge in [0.15, 0.2) is 0 Å². The van der Waals surface area contributed by atoms with E-state index in [-0.39, 0.29) is 11.5 Å². The lowest BCUT2D eigenvalue weighted by molar-refractivity contribution is 0.460. The normalized spacial score (nSPS) is 11.4. The van der Waals surface area contributed by atoms with E-state index in [9.17, 15) is 10.2 Å². The van der Waals surface area contributed by atoms with Crippen LogP contribution in [-0.2, 0) is 0 Å². The highest BCUT2D eigenvalue weighted by Crippen LogP contribution is 2.47. The first-order chi connectivity index (χ1) is 14.6. The molecule has 0 fully saturated rings. The van der Waals surface area contributed by atoms with Gasteiger partial charge in [0, 0.05) is 22.1 Å². The van der Waals surface area contributed by atoms with Crippen LogP contribution in [0.4, 0.5) is 0 Å². The Balaban J connectivity index is 1.95. The summed E-state index contributed by atoms with van der Waals surface area (Å²) >= 11 is 6.66. The summed E-state index contributed by atoms with van der Waals surface area (Å²) in [5.41, 5.74) is 2.29. The van der Waals surface area contributed by atoms with Crippen molar-refractivity contribution in [1.82, 2.24) is 0 Å². The Kier molecular flexibility index (Phi) is 4.57. The van der Waals surface area contributed by atoms with Crippen molar-refractivity contribution in [3.05, 3.63) is 119 Å². The van der Waals surface area contributed by atoms with E-state index in [1.54, 1.807) is 12.1 Å². The molecule has 0 saturated carbocycles. The van der Waals surface area contributed by atoms with Crippen LogP contribution in [0.2, 0.25) is 5.02 Å². The third kappa shape index (κ3) is 2.97. The molecule has 2 N–H and O–H groups in total. The maximum atomic E-state index is 11.0. The first kappa shape index (κ1) is 18.5. The maximum Gasteiger partial charge on any atom is 0.120 e. The molecule has 3 heteroatoms. The number of hydrogen-bond donors (Lipinski definition) is 2. The van der Waals surface area contributed by atoms with Gasteiger partial charge in [-0.2, -0.15) is 0 Å². The predicted molar refractivity (Wildman–Crippen MR) is 124 cm³/mol. The van der Waals surface area contributed by atoms with Crippen LogP contribution < -0.4 is 0 Å². The minimum atomic E-state index is -0.448. The van der Waals surface area contributed by atoms with Crippen molar-refractivity contribution in [2.45, 2.75) is 5.92 Å². The molecule has 0 atom stereocenters. The standard InChI is InChI=1S/C27H19ClO2/c28-22-12-6-5-11-21(22)27(25-19-9-3-1-7-17(19)13-15-23(25)29)26-20-10-4-2-8-18(20)14-16-24(26)30/h1-16,27,29-30H. The van der Waals surface area contributed by atoms with Crippen molar-refractivity contribution in [1.29, 1.82) is 0 Å². The molecule has 0 unspecified atom stereocenters. The quantitative estimate of drug-likeness (QED) is 0.308. The summed E-state index contributed by atoms with van der Waals surface area (Å²) in [7, 11) is 0. The van der Waals surface area contributed by atoms with Crippen LogP contribution in [0.1, 0.15) is 22.6 Å². The molecule has 0 aromatic heterocycles. The van der Waals surface area contributed by atoms with Crippen LogP contribution in [0.5, 0.6) is 11.5 Å². The molecule has 146 valence electrons. The second-order valence-corrected chi connectivity index (χ2v) is 7.80. The molecule has 0 aliphatic heterocycles. The molecule has 5 rings (SSSR count). The molecule has 0 saturated heterocycles. The van der Waals surface area contributed by atoms with Gasteiger partial charge >= 0.3 is 0 Å². The second kappa shape index (κ2) is 7.40. The molecule has 0 heterocycles. The SMILES string of the molecule is Oc1ccc2ccccc2c1C(c1ccccc1Cl)c1c(O)ccc2ccccc12. The van der Waals surface area contributed by atoms with Crippen LogP contribution in [0.15, 0.2) is 97.1 Å². The van der Waals surface area contributed by atoms with Gasteiger partial charge in [-0.3, -0.25) is 0 Å². The maximum absolute atomic E-state index is 11.0. The summed E-state index contributed by atoms with van der Waals surface area (Å²) in [5, 5.41) is 26.5. The molecular formula is C27H19ClO2. The number of phenols is 2. The first-order valence-electron chi connectivity index (χ1n) is 9.81. The number of benzene rings is 5. The van der Waals surface area contributed by atoms with Gasteiger partial charge in [-0.1, -0.05) is 90.5 Å². The number of aromatic hydroxyl groups is 2. The number of rotatable bonds is 3. The molecule has 30 heavy (non-hydrogen) atoms. The van der Waals surface area contributed by atoms with Gasteiger partial charge in [-0.05, 0) is 45.3 Å². The highest BCUT2D eigenvalue weighted by Gasteiger charge is 2.28. The fourth-order valence-electron chi connectivity index (χ4n) is 4.34. The summed E-state index contributed by atoms with van der Waals surface area (Å²) < 4.78 is 0. The number of halogens is 1. The molecule has 0 radical (unpaired) electrons. The fourth-order valence-corrected chi connectivity index (χ4v) is 4.58. The average Bonchev–Trinajstić information content (AvgIpc) is 2.77. The Bertz CT molecular complexity index is 1310. The van der Waals surface area contributed by atoms with E-state index in [2.05, 4.69) is 0 Å². The highest BCUT2D eigenvalue weighted by molar-refractivity contribution is 6.31. The van der Waals surface area contributed by atoms with Gasteiger partial charge in [0.1, 0.15) is 11.5 Å². The number of phenolic OH excluding ortho intramolecular Hbond substituents is 2. The molecule has 5 aromatic carbocycles. The zero-order valence-electron chi connectivity index (χ0n) is 16.1. The Labute approximate surface area is 179 Å². The first-order valence-corrected chi connectivity index (χ1v) is 10.2.